The van der Waals surface area contributed by atoms with Gasteiger partial charge >= 0.3 is 5.97 Å². The number of carbonyl (C=O) groups excluding carboxylic acids is 2. The van der Waals surface area contributed by atoms with Crippen LogP contribution in [0.1, 0.15) is 35.8 Å². The monoisotopic (exact) mass is 346 g/mol. The number of aromatic nitrogens is 1. The van der Waals surface area contributed by atoms with E-state index in [0.717, 1.165) is 18.5 Å². The van der Waals surface area contributed by atoms with Gasteiger partial charge in [-0.25, -0.2) is 9.78 Å². The normalized spacial score (nSPS) is 14.7. The first-order valence-electron chi connectivity index (χ1n) is 7.73. The number of hydrogen-bond donors (Lipinski definition) is 1. The highest BCUT2D eigenvalue weighted by Gasteiger charge is 2.27. The predicted octanol–water partition coefficient (Wildman–Crippen LogP) is 2.55. The van der Waals surface area contributed by atoms with E-state index in [2.05, 4.69) is 10.3 Å². The van der Waals surface area contributed by atoms with Crippen LogP contribution >= 0.6 is 11.3 Å². The van der Waals surface area contributed by atoms with Crippen molar-refractivity contribution in [3.8, 4) is 5.75 Å². The molecule has 126 valence electrons. The predicted molar refractivity (Wildman–Crippen MR) is 88.9 cm³/mol. The first-order chi connectivity index (χ1) is 11.6. The van der Waals surface area contributed by atoms with Crippen LogP contribution < -0.4 is 10.1 Å². The summed E-state index contributed by atoms with van der Waals surface area (Å²) in [5.41, 5.74) is 2.99. The number of thiazole rings is 1. The molecule has 1 fully saturated rings. The molecule has 1 unspecified atom stereocenters. The Labute approximate surface area is 143 Å². The number of nitrogens with one attached hydrogen (secondary N) is 1. The Morgan fingerprint density at radius 3 is 2.71 bits per heavy atom. The van der Waals surface area contributed by atoms with Gasteiger partial charge in [0, 0.05) is 11.4 Å². The Morgan fingerprint density at radius 1 is 1.33 bits per heavy atom. The maximum Gasteiger partial charge on any atom is 0.338 e. The molecule has 1 aliphatic carbocycles. The lowest BCUT2D eigenvalue weighted by Gasteiger charge is -2.13. The molecule has 2 aromatic rings. The number of amides is 1. The number of nitrogens with zero attached hydrogens (tertiary/aromatic N) is 1. The molecule has 1 amide bonds. The number of hydrogen-bond acceptors (Lipinski definition) is 6. The standard InChI is InChI=1S/C17H18N2O4S/c1-11(16(20)19-13-4-5-13)23-17(21)12-2-6-15(7-3-12)22-8-14-9-24-10-18-14/h2-3,6-7,9-11,13H,4-5,8H2,1H3,(H,19,20). The molecule has 3 rings (SSSR count). The lowest BCUT2D eigenvalue weighted by molar-refractivity contribution is -0.129. The quantitative estimate of drug-likeness (QED) is 0.780. The lowest BCUT2D eigenvalue weighted by Crippen LogP contribution is -2.37. The van der Waals surface area contributed by atoms with Crippen molar-refractivity contribution >= 4 is 23.2 Å². The molecule has 24 heavy (non-hydrogen) atoms. The third kappa shape index (κ3) is 4.55. The van der Waals surface area contributed by atoms with Crippen molar-refractivity contribution in [3.05, 3.63) is 46.4 Å². The number of benzene rings is 1. The largest absolute Gasteiger partial charge is 0.487 e. The summed E-state index contributed by atoms with van der Waals surface area (Å²) in [6.45, 7) is 1.95. The van der Waals surface area contributed by atoms with Crippen molar-refractivity contribution in [2.45, 2.75) is 38.5 Å². The molecule has 1 saturated carbocycles. The van der Waals surface area contributed by atoms with E-state index in [0.29, 0.717) is 17.9 Å². The van der Waals surface area contributed by atoms with E-state index < -0.39 is 12.1 Å². The maximum atomic E-state index is 12.1. The molecular formula is C17H18N2O4S. The summed E-state index contributed by atoms with van der Waals surface area (Å²) in [5.74, 6) is -0.146. The fourth-order valence-electron chi connectivity index (χ4n) is 1.98. The number of ether oxygens (including phenoxy) is 2. The SMILES string of the molecule is CC(OC(=O)c1ccc(OCc2cscn2)cc1)C(=O)NC1CC1. The van der Waals surface area contributed by atoms with E-state index in [1.165, 1.54) is 11.3 Å². The lowest BCUT2D eigenvalue weighted by atomic mass is 10.2. The Bertz CT molecular complexity index is 696. The van der Waals surface area contributed by atoms with E-state index in [1.807, 2.05) is 5.38 Å². The van der Waals surface area contributed by atoms with Crippen LogP contribution in [0.4, 0.5) is 0 Å². The first-order valence-corrected chi connectivity index (χ1v) is 8.67. The minimum absolute atomic E-state index is 0.243. The van der Waals surface area contributed by atoms with Crippen LogP contribution in [0.25, 0.3) is 0 Å². The minimum atomic E-state index is -0.807. The molecule has 0 bridgehead atoms. The Morgan fingerprint density at radius 2 is 2.08 bits per heavy atom. The van der Waals surface area contributed by atoms with Gasteiger partial charge < -0.3 is 14.8 Å². The molecule has 6 nitrogen and oxygen atoms in total. The van der Waals surface area contributed by atoms with E-state index in [-0.39, 0.29) is 11.9 Å². The average Bonchev–Trinajstić information content (AvgIpc) is 3.24. The summed E-state index contributed by atoms with van der Waals surface area (Å²) in [6, 6.07) is 6.86. The van der Waals surface area contributed by atoms with Gasteiger partial charge in [-0.2, -0.15) is 0 Å². The Balaban J connectivity index is 1.50. The molecule has 0 radical (unpaired) electrons. The molecule has 1 N–H and O–H groups in total. The van der Waals surface area contributed by atoms with Crippen molar-refractivity contribution < 1.29 is 19.1 Å². The second-order valence-corrected chi connectivity index (χ2v) is 6.34. The van der Waals surface area contributed by atoms with Crippen LogP contribution in [0.5, 0.6) is 5.75 Å². The zero-order chi connectivity index (χ0) is 16.9. The third-order valence-electron chi connectivity index (χ3n) is 3.54. The van der Waals surface area contributed by atoms with E-state index in [9.17, 15) is 9.59 Å². The van der Waals surface area contributed by atoms with E-state index in [1.54, 1.807) is 36.7 Å². The van der Waals surface area contributed by atoms with Crippen molar-refractivity contribution in [2.75, 3.05) is 0 Å². The second-order valence-electron chi connectivity index (χ2n) is 5.62. The summed E-state index contributed by atoms with van der Waals surface area (Å²) in [4.78, 5) is 28.0. The minimum Gasteiger partial charge on any atom is -0.487 e. The van der Waals surface area contributed by atoms with Gasteiger partial charge in [0.1, 0.15) is 12.4 Å². The van der Waals surface area contributed by atoms with Crippen molar-refractivity contribution in [3.63, 3.8) is 0 Å². The van der Waals surface area contributed by atoms with Crippen molar-refractivity contribution in [2.24, 2.45) is 0 Å². The van der Waals surface area contributed by atoms with Gasteiger partial charge in [-0.05, 0) is 44.0 Å². The fourth-order valence-corrected chi connectivity index (χ4v) is 2.52. The van der Waals surface area contributed by atoms with Crippen LogP contribution in [0.2, 0.25) is 0 Å². The van der Waals surface area contributed by atoms with Crippen LogP contribution in [-0.4, -0.2) is 29.0 Å². The molecule has 0 saturated heterocycles. The van der Waals surface area contributed by atoms with Gasteiger partial charge in [-0.1, -0.05) is 0 Å². The molecule has 1 aromatic heterocycles. The number of carbonyl (C=O) groups is 2. The van der Waals surface area contributed by atoms with E-state index >= 15 is 0 Å². The van der Waals surface area contributed by atoms with E-state index in [4.69, 9.17) is 9.47 Å². The molecule has 7 heteroatoms. The summed E-state index contributed by atoms with van der Waals surface area (Å²) in [6.07, 6.45) is 1.18. The summed E-state index contributed by atoms with van der Waals surface area (Å²) in [5, 5.41) is 4.72. The molecule has 1 aliphatic rings. The van der Waals surface area contributed by atoms with Gasteiger partial charge in [0.25, 0.3) is 5.91 Å². The van der Waals surface area contributed by atoms with Gasteiger partial charge in [0.05, 0.1) is 16.8 Å². The highest BCUT2D eigenvalue weighted by atomic mass is 32.1. The van der Waals surface area contributed by atoms with Gasteiger partial charge in [-0.15, -0.1) is 11.3 Å². The zero-order valence-corrected chi connectivity index (χ0v) is 14.0. The number of esters is 1. The van der Waals surface area contributed by atoms with Gasteiger partial charge in [0.15, 0.2) is 6.10 Å². The molecule has 0 aliphatic heterocycles. The summed E-state index contributed by atoms with van der Waals surface area (Å²) in [7, 11) is 0. The third-order valence-corrected chi connectivity index (χ3v) is 4.17. The number of rotatable bonds is 7. The van der Waals surface area contributed by atoms with Crippen molar-refractivity contribution in [1.29, 1.82) is 0 Å². The molecular weight excluding hydrogens is 328 g/mol. The topological polar surface area (TPSA) is 77.5 Å². The van der Waals surface area contributed by atoms with Gasteiger partial charge in [0.2, 0.25) is 0 Å². The first kappa shape index (κ1) is 16.4. The maximum absolute atomic E-state index is 12.1. The highest BCUT2D eigenvalue weighted by molar-refractivity contribution is 7.07. The molecule has 0 spiro atoms. The van der Waals surface area contributed by atoms with Crippen LogP contribution in [-0.2, 0) is 16.1 Å². The fraction of sp³-hybridized carbons (Fsp3) is 0.353. The highest BCUT2D eigenvalue weighted by Crippen LogP contribution is 2.19. The summed E-state index contributed by atoms with van der Waals surface area (Å²) >= 11 is 1.51. The Kier molecular flexibility index (Phi) is 5.10. The smallest absolute Gasteiger partial charge is 0.338 e. The van der Waals surface area contributed by atoms with Crippen molar-refractivity contribution in [1.82, 2.24) is 10.3 Å². The van der Waals surface area contributed by atoms with Crippen LogP contribution in [0.3, 0.4) is 0 Å². The molecule has 1 heterocycles. The van der Waals surface area contributed by atoms with Gasteiger partial charge in [-0.3, -0.25) is 4.79 Å². The van der Waals surface area contributed by atoms with Crippen LogP contribution in [0, 0.1) is 0 Å². The second kappa shape index (κ2) is 7.44. The average molecular weight is 346 g/mol. The molecule has 1 aromatic carbocycles. The Hall–Kier alpha value is -2.41. The zero-order valence-electron chi connectivity index (χ0n) is 13.2. The molecule has 1 atom stereocenters. The van der Waals surface area contributed by atoms with Crippen LogP contribution in [0.15, 0.2) is 35.2 Å². The summed E-state index contributed by atoms with van der Waals surface area (Å²) < 4.78 is 10.8.